The second-order valence-electron chi connectivity index (χ2n) is 3.77. The second-order valence-corrected chi connectivity index (χ2v) is 4.18. The number of rotatable bonds is 2. The Hall–Kier alpha value is -1.06. The van der Waals surface area contributed by atoms with Crippen LogP contribution in [0.5, 0.6) is 0 Å². The zero-order valence-electron chi connectivity index (χ0n) is 8.87. The van der Waals surface area contributed by atoms with Crippen LogP contribution in [0.3, 0.4) is 0 Å². The third-order valence-electron chi connectivity index (χ3n) is 2.69. The van der Waals surface area contributed by atoms with Crippen LogP contribution < -0.4 is 5.73 Å². The molecule has 2 rings (SSSR count). The molecule has 0 aliphatic carbocycles. The van der Waals surface area contributed by atoms with E-state index in [4.69, 9.17) is 17.3 Å². The summed E-state index contributed by atoms with van der Waals surface area (Å²) in [7, 11) is 1.99. The van der Waals surface area contributed by atoms with Gasteiger partial charge >= 0.3 is 0 Å². The Morgan fingerprint density at radius 3 is 2.87 bits per heavy atom. The predicted molar refractivity (Wildman–Crippen MR) is 63.2 cm³/mol. The fourth-order valence-electron chi connectivity index (χ4n) is 1.74. The van der Waals surface area contributed by atoms with Crippen LogP contribution >= 0.6 is 11.6 Å². The molecule has 0 amide bonds. The molecule has 1 unspecified atom stereocenters. The molecule has 0 saturated carbocycles. The maximum absolute atomic E-state index is 6.08. The van der Waals surface area contributed by atoms with Crippen LogP contribution in [0.15, 0.2) is 18.2 Å². The Kier molecular flexibility index (Phi) is 2.67. The van der Waals surface area contributed by atoms with Gasteiger partial charge < -0.3 is 10.3 Å². The van der Waals surface area contributed by atoms with Crippen molar-refractivity contribution in [2.75, 3.05) is 6.54 Å². The lowest BCUT2D eigenvalue weighted by Crippen LogP contribution is -2.13. The molecule has 2 N–H and O–H groups in total. The first-order valence-corrected chi connectivity index (χ1v) is 5.34. The van der Waals surface area contributed by atoms with E-state index in [0.717, 1.165) is 16.9 Å². The van der Waals surface area contributed by atoms with Gasteiger partial charge in [-0.05, 0) is 12.1 Å². The summed E-state index contributed by atoms with van der Waals surface area (Å²) in [5.74, 6) is 1.24. The highest BCUT2D eigenvalue weighted by atomic mass is 35.5. The Morgan fingerprint density at radius 2 is 2.27 bits per heavy atom. The number of benzene rings is 1. The molecular formula is C11H14ClN3. The monoisotopic (exact) mass is 223 g/mol. The number of halogens is 1. The number of hydrogen-bond acceptors (Lipinski definition) is 2. The first kappa shape index (κ1) is 10.5. The largest absolute Gasteiger partial charge is 0.331 e. The third-order valence-corrected chi connectivity index (χ3v) is 3.00. The van der Waals surface area contributed by atoms with Gasteiger partial charge in [0.15, 0.2) is 0 Å². The first-order valence-electron chi connectivity index (χ1n) is 4.96. The SMILES string of the molecule is CC(CN)c1nc2c(Cl)cccc2n1C. The first-order chi connectivity index (χ1) is 7.15. The van der Waals surface area contributed by atoms with E-state index in [0.29, 0.717) is 11.6 Å². The molecule has 0 fully saturated rings. The normalized spacial score (nSPS) is 13.3. The average molecular weight is 224 g/mol. The number of nitrogens with two attached hydrogens (primary N) is 1. The Morgan fingerprint density at radius 1 is 1.53 bits per heavy atom. The lowest BCUT2D eigenvalue weighted by Gasteiger charge is -2.07. The highest BCUT2D eigenvalue weighted by Crippen LogP contribution is 2.25. The summed E-state index contributed by atoms with van der Waals surface area (Å²) in [5, 5.41) is 0.693. The minimum atomic E-state index is 0.249. The van der Waals surface area contributed by atoms with Gasteiger partial charge in [0, 0.05) is 19.5 Å². The van der Waals surface area contributed by atoms with Gasteiger partial charge in [0.25, 0.3) is 0 Å². The van der Waals surface area contributed by atoms with Gasteiger partial charge in [-0.3, -0.25) is 0 Å². The van der Waals surface area contributed by atoms with Crippen molar-refractivity contribution in [3.63, 3.8) is 0 Å². The predicted octanol–water partition coefficient (Wildman–Crippen LogP) is 2.29. The average Bonchev–Trinajstić information content (AvgIpc) is 2.57. The van der Waals surface area contributed by atoms with Crippen LogP contribution in [0.25, 0.3) is 11.0 Å². The van der Waals surface area contributed by atoms with E-state index < -0.39 is 0 Å². The molecule has 1 atom stereocenters. The number of imidazole rings is 1. The van der Waals surface area contributed by atoms with Crippen molar-refractivity contribution >= 4 is 22.6 Å². The molecule has 0 aliphatic rings. The molecule has 1 heterocycles. The number of nitrogens with zero attached hydrogens (tertiary/aromatic N) is 2. The zero-order chi connectivity index (χ0) is 11.0. The molecule has 0 spiro atoms. The summed E-state index contributed by atoms with van der Waals surface area (Å²) in [5.41, 5.74) is 7.56. The quantitative estimate of drug-likeness (QED) is 0.849. The molecule has 4 heteroatoms. The molecule has 80 valence electrons. The molecule has 0 bridgehead atoms. The summed E-state index contributed by atoms with van der Waals surface area (Å²) in [6, 6.07) is 5.80. The number of fused-ring (bicyclic) bond motifs is 1. The summed E-state index contributed by atoms with van der Waals surface area (Å²) in [4.78, 5) is 4.53. The Bertz CT molecular complexity index is 490. The molecule has 0 aliphatic heterocycles. The molecule has 1 aromatic heterocycles. The smallest absolute Gasteiger partial charge is 0.113 e. The van der Waals surface area contributed by atoms with Gasteiger partial charge in [-0.1, -0.05) is 24.6 Å². The highest BCUT2D eigenvalue weighted by molar-refractivity contribution is 6.34. The molecule has 0 radical (unpaired) electrons. The van der Waals surface area contributed by atoms with Gasteiger partial charge in [0.05, 0.1) is 10.5 Å². The van der Waals surface area contributed by atoms with Crippen molar-refractivity contribution in [2.24, 2.45) is 12.8 Å². The number of hydrogen-bond donors (Lipinski definition) is 1. The highest BCUT2D eigenvalue weighted by Gasteiger charge is 2.14. The Labute approximate surface area is 93.9 Å². The molecule has 3 nitrogen and oxygen atoms in total. The maximum Gasteiger partial charge on any atom is 0.113 e. The summed E-state index contributed by atoms with van der Waals surface area (Å²) < 4.78 is 2.05. The van der Waals surface area contributed by atoms with Crippen LogP contribution in [-0.2, 0) is 7.05 Å². The minimum Gasteiger partial charge on any atom is -0.331 e. The van der Waals surface area contributed by atoms with E-state index in [1.54, 1.807) is 0 Å². The van der Waals surface area contributed by atoms with Crippen LogP contribution in [-0.4, -0.2) is 16.1 Å². The van der Waals surface area contributed by atoms with Crippen molar-refractivity contribution in [1.29, 1.82) is 0 Å². The molecule has 1 aromatic carbocycles. The van der Waals surface area contributed by atoms with Crippen molar-refractivity contribution in [2.45, 2.75) is 12.8 Å². The van der Waals surface area contributed by atoms with Crippen LogP contribution in [0.1, 0.15) is 18.7 Å². The summed E-state index contributed by atoms with van der Waals surface area (Å²) in [6.07, 6.45) is 0. The van der Waals surface area contributed by atoms with Crippen LogP contribution in [0, 0.1) is 0 Å². The fourth-order valence-corrected chi connectivity index (χ4v) is 1.96. The van der Waals surface area contributed by atoms with E-state index in [2.05, 4.69) is 16.5 Å². The topological polar surface area (TPSA) is 43.8 Å². The minimum absolute atomic E-state index is 0.249. The van der Waals surface area contributed by atoms with Crippen molar-refractivity contribution in [3.05, 3.63) is 29.0 Å². The fraction of sp³-hybridized carbons (Fsp3) is 0.364. The van der Waals surface area contributed by atoms with E-state index in [1.165, 1.54) is 0 Å². The zero-order valence-corrected chi connectivity index (χ0v) is 9.62. The van der Waals surface area contributed by atoms with Gasteiger partial charge in [-0.2, -0.15) is 0 Å². The summed E-state index contributed by atoms with van der Waals surface area (Å²) in [6.45, 7) is 2.66. The molecule has 15 heavy (non-hydrogen) atoms. The van der Waals surface area contributed by atoms with Crippen molar-refractivity contribution in [3.8, 4) is 0 Å². The van der Waals surface area contributed by atoms with E-state index in [9.17, 15) is 0 Å². The van der Waals surface area contributed by atoms with Gasteiger partial charge in [0.2, 0.25) is 0 Å². The van der Waals surface area contributed by atoms with E-state index >= 15 is 0 Å². The second kappa shape index (κ2) is 3.83. The van der Waals surface area contributed by atoms with Crippen LogP contribution in [0.4, 0.5) is 0 Å². The van der Waals surface area contributed by atoms with Crippen molar-refractivity contribution < 1.29 is 0 Å². The van der Waals surface area contributed by atoms with Gasteiger partial charge in [0.1, 0.15) is 11.3 Å². The number of aryl methyl sites for hydroxylation is 1. The number of aromatic nitrogens is 2. The maximum atomic E-state index is 6.08. The van der Waals surface area contributed by atoms with Crippen molar-refractivity contribution in [1.82, 2.24) is 9.55 Å². The number of para-hydroxylation sites is 1. The molecule has 2 aromatic rings. The lowest BCUT2D eigenvalue weighted by atomic mass is 10.2. The van der Waals surface area contributed by atoms with Gasteiger partial charge in [-0.15, -0.1) is 0 Å². The third kappa shape index (κ3) is 1.62. The molecular weight excluding hydrogens is 210 g/mol. The van der Waals surface area contributed by atoms with Gasteiger partial charge in [-0.25, -0.2) is 4.98 Å². The standard InChI is InChI=1S/C11H14ClN3/c1-7(6-13)11-14-10-8(12)4-3-5-9(10)15(11)2/h3-5,7H,6,13H2,1-2H3. The molecule has 0 saturated heterocycles. The summed E-state index contributed by atoms with van der Waals surface area (Å²) >= 11 is 6.08. The lowest BCUT2D eigenvalue weighted by molar-refractivity contribution is 0.676. The van der Waals surface area contributed by atoms with E-state index in [-0.39, 0.29) is 5.92 Å². The van der Waals surface area contributed by atoms with E-state index in [1.807, 2.05) is 25.2 Å². The Balaban J connectivity index is 2.69. The van der Waals surface area contributed by atoms with Crippen LogP contribution in [0.2, 0.25) is 5.02 Å².